The number of hydrogen-bond donors (Lipinski definition) is 0. The molecule has 2 unspecified atom stereocenters. The molecule has 0 amide bonds. The molecule has 1 heterocycles. The topological polar surface area (TPSA) is 52.6 Å². The van der Waals surface area contributed by atoms with Gasteiger partial charge in [-0.2, -0.15) is 0 Å². The fourth-order valence-corrected chi connectivity index (χ4v) is 15.1. The van der Waals surface area contributed by atoms with Crippen LogP contribution < -0.4 is 0 Å². The molecule has 2 atom stereocenters. The standard InChI is InChI=1S/C27H18.2C7H6O2.Ti/c1-3-11-22-20(7-1)16-26-18(9-5-13-24(22)26)15-19-10-6-14-25-23-12-4-2-8-21(23)17-27(19)25;2*8-7(9)6-4-2-1-3-5-6;/h1-14,16-17H,15H2;2*1-5H,(H,8,9);/q;;;+2/p-2. The Balaban J connectivity index is 1.41. The number of rotatable bonds is 4. The van der Waals surface area contributed by atoms with Gasteiger partial charge in [-0.15, -0.1) is 0 Å². The third-order valence-electron chi connectivity index (χ3n) is 9.80. The summed E-state index contributed by atoms with van der Waals surface area (Å²) in [6.07, 6.45) is 0.735. The molecule has 0 bridgehead atoms. The van der Waals surface area contributed by atoms with E-state index in [1.807, 2.05) is 48.5 Å². The molecular formula is C41H28O4Ti. The average Bonchev–Trinajstić information content (AvgIpc) is 3.63. The Morgan fingerprint density at radius 3 is 1.30 bits per heavy atom. The van der Waals surface area contributed by atoms with Gasteiger partial charge in [-0.05, 0) is 0 Å². The van der Waals surface area contributed by atoms with Gasteiger partial charge in [0.05, 0.1) is 0 Å². The van der Waals surface area contributed by atoms with Crippen molar-refractivity contribution in [3.63, 3.8) is 0 Å². The Morgan fingerprint density at radius 1 is 0.457 bits per heavy atom. The van der Waals surface area contributed by atoms with Crippen molar-refractivity contribution in [1.82, 2.24) is 0 Å². The average molecular weight is 633 g/mol. The molecule has 0 spiro atoms. The number of fused-ring (bicyclic) bond motifs is 6. The van der Waals surface area contributed by atoms with Gasteiger partial charge in [0.2, 0.25) is 0 Å². The summed E-state index contributed by atoms with van der Waals surface area (Å²) in [5, 5.41) is 0. The second-order valence-electron chi connectivity index (χ2n) is 12.2. The minimum atomic E-state index is -4.93. The van der Waals surface area contributed by atoms with Crippen molar-refractivity contribution in [3.8, 4) is 22.3 Å². The van der Waals surface area contributed by atoms with Crippen molar-refractivity contribution < 1.29 is 33.6 Å². The van der Waals surface area contributed by atoms with E-state index in [1.165, 1.54) is 11.1 Å². The van der Waals surface area contributed by atoms with Crippen LogP contribution in [0.25, 0.3) is 22.3 Å². The molecule has 0 aromatic heterocycles. The van der Waals surface area contributed by atoms with Crippen LogP contribution in [0.15, 0.2) is 146 Å². The Labute approximate surface area is 271 Å². The number of carbonyl (C=O) groups is 2. The third kappa shape index (κ3) is 3.97. The molecule has 3 aliphatic rings. The van der Waals surface area contributed by atoms with E-state index >= 15 is 0 Å². The van der Waals surface area contributed by atoms with Crippen molar-refractivity contribution in [1.29, 1.82) is 0 Å². The summed E-state index contributed by atoms with van der Waals surface area (Å²) in [5.41, 5.74) is 12.0. The summed E-state index contributed by atoms with van der Waals surface area (Å²) in [7, 11) is 0. The molecule has 1 aliphatic heterocycles. The Morgan fingerprint density at radius 2 is 0.848 bits per heavy atom. The van der Waals surface area contributed by atoms with E-state index in [0.29, 0.717) is 11.1 Å². The molecule has 2 aliphatic carbocycles. The summed E-state index contributed by atoms with van der Waals surface area (Å²) in [5.74, 6) is -0.928. The fraction of sp³-hybridized carbons (Fsp3) is 0.0732. The van der Waals surface area contributed by atoms with E-state index in [4.69, 9.17) is 6.64 Å². The summed E-state index contributed by atoms with van der Waals surface area (Å²) in [6, 6.07) is 47.8. The van der Waals surface area contributed by atoms with Gasteiger partial charge in [0.15, 0.2) is 0 Å². The van der Waals surface area contributed by atoms with E-state index in [0.717, 1.165) is 50.9 Å². The zero-order valence-electron chi connectivity index (χ0n) is 24.9. The quantitative estimate of drug-likeness (QED) is 0.182. The van der Waals surface area contributed by atoms with Crippen LogP contribution in [0.5, 0.6) is 0 Å². The second-order valence-corrected chi connectivity index (χ2v) is 16.9. The molecule has 0 N–H and O–H groups in total. The van der Waals surface area contributed by atoms with E-state index in [-0.39, 0.29) is 0 Å². The first-order valence-corrected chi connectivity index (χ1v) is 18.7. The number of carbonyl (C=O) groups excluding carboxylic acids is 2. The molecule has 0 saturated carbocycles. The van der Waals surface area contributed by atoms with Gasteiger partial charge < -0.3 is 0 Å². The molecule has 4 nitrogen and oxygen atoms in total. The Kier molecular flexibility index (Phi) is 6.24. The summed E-state index contributed by atoms with van der Waals surface area (Å²) in [4.78, 5) is 28.9. The predicted molar refractivity (Wildman–Crippen MR) is 174 cm³/mol. The maximum absolute atomic E-state index is 14.5. The van der Waals surface area contributed by atoms with Crippen molar-refractivity contribution in [3.05, 3.63) is 190 Å². The van der Waals surface area contributed by atoms with E-state index in [9.17, 15) is 9.59 Å². The maximum atomic E-state index is 14.5. The molecule has 0 radical (unpaired) electrons. The second kappa shape index (κ2) is 10.5. The van der Waals surface area contributed by atoms with Gasteiger partial charge >= 0.3 is 273 Å². The van der Waals surface area contributed by atoms with Crippen LogP contribution in [0.3, 0.4) is 0 Å². The van der Waals surface area contributed by atoms with Crippen molar-refractivity contribution >= 4 is 11.9 Å². The van der Waals surface area contributed by atoms with Crippen molar-refractivity contribution in [2.45, 2.75) is 14.9 Å². The van der Waals surface area contributed by atoms with Crippen LogP contribution in [0.2, 0.25) is 0 Å². The fourth-order valence-electron chi connectivity index (χ4n) is 8.01. The molecule has 5 heteroatoms. The van der Waals surface area contributed by atoms with E-state index in [2.05, 4.69) is 72.8 Å². The van der Waals surface area contributed by atoms with Gasteiger partial charge in [0.1, 0.15) is 0 Å². The first-order chi connectivity index (χ1) is 22.6. The Bertz CT molecular complexity index is 2030. The van der Waals surface area contributed by atoms with Gasteiger partial charge in [-0.25, -0.2) is 0 Å². The summed E-state index contributed by atoms with van der Waals surface area (Å²) < 4.78 is 13.4. The van der Waals surface area contributed by atoms with Crippen LogP contribution in [0, 0.1) is 0 Å². The van der Waals surface area contributed by atoms with Gasteiger partial charge in [0.25, 0.3) is 0 Å². The SMILES string of the molecule is O=C([O][Ti]1([O]C(=O)c2ccccc2)[CH]2c3ccccc3-c3cccc(c32)Cc2cccc3c2[CH]1c1ccccc1-3)c1ccccc1. The molecule has 220 valence electrons. The summed E-state index contributed by atoms with van der Waals surface area (Å²) >= 11 is -4.93. The third-order valence-corrected chi connectivity index (χ3v) is 15.8. The molecule has 9 rings (SSSR count). The van der Waals surface area contributed by atoms with Crippen LogP contribution >= 0.6 is 0 Å². The molecular weight excluding hydrogens is 604 g/mol. The first kappa shape index (κ1) is 27.3. The summed E-state index contributed by atoms with van der Waals surface area (Å²) in [6.45, 7) is 0. The molecule has 6 aromatic rings. The Hall–Kier alpha value is -5.03. The monoisotopic (exact) mass is 632 g/mol. The zero-order valence-corrected chi connectivity index (χ0v) is 26.4. The van der Waals surface area contributed by atoms with Crippen LogP contribution in [0.4, 0.5) is 0 Å². The van der Waals surface area contributed by atoms with Crippen LogP contribution in [-0.4, -0.2) is 11.9 Å². The van der Waals surface area contributed by atoms with Gasteiger partial charge in [-0.3, -0.25) is 0 Å². The van der Waals surface area contributed by atoms with E-state index in [1.54, 1.807) is 24.3 Å². The molecule has 0 saturated heterocycles. The van der Waals surface area contributed by atoms with Crippen molar-refractivity contribution in [2.75, 3.05) is 0 Å². The number of hydrogen-bond acceptors (Lipinski definition) is 4. The molecule has 46 heavy (non-hydrogen) atoms. The minimum absolute atomic E-state index is 0.403. The van der Waals surface area contributed by atoms with Gasteiger partial charge in [-0.1, -0.05) is 0 Å². The van der Waals surface area contributed by atoms with Crippen molar-refractivity contribution in [2.24, 2.45) is 0 Å². The predicted octanol–water partition coefficient (Wildman–Crippen LogP) is 9.13. The van der Waals surface area contributed by atoms with Gasteiger partial charge in [0, 0.05) is 0 Å². The van der Waals surface area contributed by atoms with E-state index < -0.39 is 37.7 Å². The van der Waals surface area contributed by atoms with Crippen LogP contribution in [-0.2, 0) is 30.4 Å². The normalized spacial score (nSPS) is 17.4. The molecule has 0 fully saturated rings. The first-order valence-electron chi connectivity index (χ1n) is 15.6. The van der Waals surface area contributed by atoms with Crippen LogP contribution in [0.1, 0.15) is 62.5 Å². The molecule has 6 aromatic carbocycles. The zero-order chi connectivity index (χ0) is 30.8. The number of benzene rings is 6.